The number of nitrogens with zero attached hydrogens (tertiary/aromatic N) is 1. The van der Waals surface area contributed by atoms with Crippen molar-refractivity contribution in [3.63, 3.8) is 0 Å². The molecule has 3 heteroatoms. The van der Waals surface area contributed by atoms with Gasteiger partial charge in [0.2, 0.25) is 0 Å². The monoisotopic (exact) mass is 386 g/mol. The van der Waals surface area contributed by atoms with E-state index in [-0.39, 0.29) is 6.98 Å². The molecular formula is C27H23BN2. The van der Waals surface area contributed by atoms with E-state index < -0.39 is 0 Å². The number of hydrogen-bond acceptors (Lipinski definition) is 2. The van der Waals surface area contributed by atoms with E-state index in [0.29, 0.717) is 0 Å². The zero-order chi connectivity index (χ0) is 20.2. The lowest BCUT2D eigenvalue weighted by molar-refractivity contribution is 1.02. The third-order valence-corrected chi connectivity index (χ3v) is 5.61. The quantitative estimate of drug-likeness (QED) is 0.345. The summed E-state index contributed by atoms with van der Waals surface area (Å²) in [5.74, 6) is 6.94. The average Bonchev–Trinajstić information content (AvgIpc) is 2.80. The molecule has 0 atom stereocenters. The van der Waals surface area contributed by atoms with E-state index >= 15 is 0 Å². The summed E-state index contributed by atoms with van der Waals surface area (Å²) in [6.45, 7) is 0.765. The minimum Gasteiger partial charge on any atom is -0.398 e. The predicted octanol–water partition coefficient (Wildman–Crippen LogP) is 5.94. The van der Waals surface area contributed by atoms with Gasteiger partial charge in [-0.05, 0) is 35.1 Å². The second-order valence-corrected chi connectivity index (χ2v) is 7.65. The summed E-state index contributed by atoms with van der Waals surface area (Å²) < 4.78 is 0. The average molecular weight is 386 g/mol. The lowest BCUT2D eigenvalue weighted by Gasteiger charge is -2.35. The van der Waals surface area contributed by atoms with Crippen molar-refractivity contribution in [3.8, 4) is 11.7 Å². The second kappa shape index (κ2) is 8.39. The van der Waals surface area contributed by atoms with Crippen LogP contribution in [0.4, 0.5) is 11.4 Å². The topological polar surface area (TPSA) is 15.3 Å². The molecule has 0 radical (unpaired) electrons. The third-order valence-electron chi connectivity index (χ3n) is 5.61. The first-order chi connectivity index (χ1) is 14.9. The molecule has 30 heavy (non-hydrogen) atoms. The van der Waals surface area contributed by atoms with Gasteiger partial charge in [-0.1, -0.05) is 90.7 Å². The largest absolute Gasteiger partial charge is 0.463 e. The maximum Gasteiger partial charge on any atom is 0.463 e. The summed E-state index contributed by atoms with van der Waals surface area (Å²) in [6.07, 6.45) is 1.83. The van der Waals surface area contributed by atoms with Crippen LogP contribution in [0, 0.1) is 11.7 Å². The van der Waals surface area contributed by atoms with E-state index in [0.717, 1.165) is 25.1 Å². The number of hydrogen-bond donors (Lipinski definition) is 1. The van der Waals surface area contributed by atoms with Crippen molar-refractivity contribution in [2.45, 2.75) is 19.4 Å². The zero-order valence-electron chi connectivity index (χ0n) is 16.9. The first-order valence-corrected chi connectivity index (χ1v) is 10.5. The summed E-state index contributed by atoms with van der Waals surface area (Å²) in [7, 11) is 0. The molecule has 1 N–H and O–H groups in total. The van der Waals surface area contributed by atoms with Crippen LogP contribution < -0.4 is 10.0 Å². The van der Waals surface area contributed by atoms with Crippen LogP contribution in [0.1, 0.15) is 17.5 Å². The molecule has 2 nitrogen and oxygen atoms in total. The fourth-order valence-corrected chi connectivity index (χ4v) is 4.14. The van der Waals surface area contributed by atoms with Gasteiger partial charge in [0.1, 0.15) is 0 Å². The standard InChI is InChI=1S/C27H23BN2/c1-3-11-22(12-4-1)13-7-8-20-28-29-25-18-9-16-24-17-10-19-26(27(24)25)30(28)21-23-14-5-2-6-15-23/h1-6,9-12,14-19,29H,7,13,21H2. The summed E-state index contributed by atoms with van der Waals surface area (Å²) >= 11 is 0. The van der Waals surface area contributed by atoms with Crippen molar-refractivity contribution in [3.05, 3.63) is 108 Å². The van der Waals surface area contributed by atoms with Gasteiger partial charge in [0.25, 0.3) is 0 Å². The van der Waals surface area contributed by atoms with Gasteiger partial charge < -0.3 is 10.0 Å². The first-order valence-electron chi connectivity index (χ1n) is 10.5. The smallest absolute Gasteiger partial charge is 0.398 e. The Morgan fingerprint density at radius 1 is 0.733 bits per heavy atom. The maximum atomic E-state index is 3.68. The molecule has 0 saturated heterocycles. The molecule has 0 aliphatic carbocycles. The van der Waals surface area contributed by atoms with E-state index in [1.807, 2.05) is 0 Å². The molecule has 4 aromatic rings. The molecular weight excluding hydrogens is 363 g/mol. The molecule has 4 aromatic carbocycles. The van der Waals surface area contributed by atoms with Gasteiger partial charge in [-0.15, -0.1) is 5.92 Å². The van der Waals surface area contributed by atoms with Crippen LogP contribution in [0.2, 0.25) is 0 Å². The lowest BCUT2D eigenvalue weighted by atomic mass is 9.71. The highest BCUT2D eigenvalue weighted by molar-refractivity contribution is 6.75. The molecule has 5 rings (SSSR count). The van der Waals surface area contributed by atoms with Crippen molar-refractivity contribution in [2.24, 2.45) is 0 Å². The Morgan fingerprint density at radius 3 is 2.20 bits per heavy atom. The van der Waals surface area contributed by atoms with Crippen LogP contribution in [-0.4, -0.2) is 6.98 Å². The van der Waals surface area contributed by atoms with Crippen LogP contribution in [0.25, 0.3) is 10.8 Å². The minimum absolute atomic E-state index is 0.0542. The highest BCUT2D eigenvalue weighted by Gasteiger charge is 2.30. The summed E-state index contributed by atoms with van der Waals surface area (Å²) in [4.78, 5) is 2.39. The van der Waals surface area contributed by atoms with E-state index in [1.54, 1.807) is 0 Å². The van der Waals surface area contributed by atoms with Gasteiger partial charge >= 0.3 is 6.98 Å². The summed E-state index contributed by atoms with van der Waals surface area (Å²) in [5, 5.41) is 6.21. The van der Waals surface area contributed by atoms with Crippen molar-refractivity contribution in [2.75, 3.05) is 10.0 Å². The van der Waals surface area contributed by atoms with Gasteiger partial charge in [-0.25, -0.2) is 0 Å². The maximum absolute atomic E-state index is 3.68. The molecule has 0 spiro atoms. The van der Waals surface area contributed by atoms with Gasteiger partial charge in [-0.2, -0.15) is 0 Å². The summed E-state index contributed by atoms with van der Waals surface area (Å²) in [5.41, 5.74) is 5.02. The van der Waals surface area contributed by atoms with E-state index in [4.69, 9.17) is 0 Å². The number of anilines is 2. The highest BCUT2D eigenvalue weighted by atomic mass is 15.2. The molecule has 1 heterocycles. The Hall–Kier alpha value is -3.64. The van der Waals surface area contributed by atoms with Gasteiger partial charge in [0.15, 0.2) is 0 Å². The molecule has 0 saturated carbocycles. The van der Waals surface area contributed by atoms with Crippen LogP contribution >= 0.6 is 0 Å². The van der Waals surface area contributed by atoms with E-state index in [1.165, 1.54) is 27.6 Å². The Kier molecular flexibility index (Phi) is 5.14. The lowest BCUT2D eigenvalue weighted by Crippen LogP contribution is -2.47. The fourth-order valence-electron chi connectivity index (χ4n) is 4.14. The first kappa shape index (κ1) is 18.4. The number of aryl methyl sites for hydroxylation is 1. The Balaban J connectivity index is 1.46. The minimum atomic E-state index is -0.0542. The number of rotatable bonds is 4. The summed E-state index contributed by atoms with van der Waals surface area (Å²) in [6, 6.07) is 34.2. The molecule has 0 unspecified atom stereocenters. The second-order valence-electron chi connectivity index (χ2n) is 7.65. The highest BCUT2D eigenvalue weighted by Crippen LogP contribution is 2.37. The third kappa shape index (κ3) is 3.77. The van der Waals surface area contributed by atoms with Crippen molar-refractivity contribution >= 4 is 29.1 Å². The van der Waals surface area contributed by atoms with Crippen LogP contribution in [0.5, 0.6) is 0 Å². The molecule has 0 fully saturated rings. The van der Waals surface area contributed by atoms with E-state index in [2.05, 4.69) is 119 Å². The van der Waals surface area contributed by atoms with Crippen LogP contribution in [0.3, 0.4) is 0 Å². The number of nitrogens with one attached hydrogen (secondary N) is 1. The molecule has 1 aliphatic rings. The SMILES string of the molecule is C(#CB1Nc2cccc3cccc(c23)N1Cc1ccccc1)CCc1ccccc1. The van der Waals surface area contributed by atoms with Crippen molar-refractivity contribution in [1.29, 1.82) is 0 Å². The molecule has 0 bridgehead atoms. The zero-order valence-corrected chi connectivity index (χ0v) is 16.9. The Morgan fingerprint density at radius 2 is 1.43 bits per heavy atom. The normalized spacial score (nSPS) is 12.3. The van der Waals surface area contributed by atoms with Crippen LogP contribution in [-0.2, 0) is 13.0 Å². The molecule has 144 valence electrons. The van der Waals surface area contributed by atoms with Gasteiger partial charge in [0.05, 0.1) is 0 Å². The van der Waals surface area contributed by atoms with Gasteiger partial charge in [0, 0.05) is 29.7 Å². The Bertz CT molecular complexity index is 1200. The molecule has 1 aliphatic heterocycles. The van der Waals surface area contributed by atoms with Crippen molar-refractivity contribution < 1.29 is 0 Å². The molecule has 0 amide bonds. The van der Waals surface area contributed by atoms with Crippen LogP contribution in [0.15, 0.2) is 97.1 Å². The Labute approximate surface area is 178 Å². The fraction of sp³-hybridized carbons (Fsp3) is 0.111. The van der Waals surface area contributed by atoms with Gasteiger partial charge in [-0.3, -0.25) is 0 Å². The number of benzene rings is 4. The molecule has 0 aromatic heterocycles. The predicted molar refractivity (Wildman–Crippen MR) is 128 cm³/mol. The van der Waals surface area contributed by atoms with Crippen molar-refractivity contribution in [1.82, 2.24) is 0 Å². The van der Waals surface area contributed by atoms with E-state index in [9.17, 15) is 0 Å².